The number of halogens is 2. The number of aryl methyl sites for hydroxylation is 1. The van der Waals surface area contributed by atoms with Crippen LogP contribution in [0.2, 0.25) is 5.02 Å². The largest absolute Gasteiger partial charge is 0.344 e. The molecular formula is C20H17BrClN3O2. The molecule has 7 heteroatoms. The van der Waals surface area contributed by atoms with Gasteiger partial charge in [-0.15, -0.1) is 0 Å². The molecule has 3 rings (SSSR count). The minimum Gasteiger partial charge on any atom is -0.344 e. The summed E-state index contributed by atoms with van der Waals surface area (Å²) in [6.07, 6.45) is 0. The van der Waals surface area contributed by atoms with Gasteiger partial charge < -0.3 is 5.32 Å². The third kappa shape index (κ3) is 4.28. The Kier molecular flexibility index (Phi) is 5.77. The van der Waals surface area contributed by atoms with Crippen LogP contribution < -0.4 is 10.7 Å². The molecule has 1 amide bonds. The minimum absolute atomic E-state index is 0.158. The van der Waals surface area contributed by atoms with Gasteiger partial charge in [0.15, 0.2) is 5.69 Å². The van der Waals surface area contributed by atoms with Crippen molar-refractivity contribution >= 4 is 33.4 Å². The fourth-order valence-corrected chi connectivity index (χ4v) is 3.47. The zero-order valence-electron chi connectivity index (χ0n) is 14.7. The molecule has 1 aromatic heterocycles. The third-order valence-electron chi connectivity index (χ3n) is 4.11. The summed E-state index contributed by atoms with van der Waals surface area (Å²) in [4.78, 5) is 25.0. The van der Waals surface area contributed by atoms with Crippen molar-refractivity contribution in [2.45, 2.75) is 19.9 Å². The van der Waals surface area contributed by atoms with Crippen LogP contribution in [-0.4, -0.2) is 15.7 Å². The Morgan fingerprint density at radius 3 is 2.52 bits per heavy atom. The minimum atomic E-state index is -0.522. The molecule has 1 unspecified atom stereocenters. The fraction of sp³-hybridized carbons (Fsp3) is 0.150. The van der Waals surface area contributed by atoms with Crippen LogP contribution in [0.1, 0.15) is 34.7 Å². The standard InChI is InChI=1S/C20H17BrClN3O2/c1-12-11-18(26)19(24-25(12)15-9-7-14(22)8-10-15)20(27)23-13(2)16-5-3-4-6-17(16)21/h3-11,13H,1-2H3,(H,23,27). The van der Waals surface area contributed by atoms with E-state index in [9.17, 15) is 9.59 Å². The van der Waals surface area contributed by atoms with E-state index >= 15 is 0 Å². The van der Waals surface area contributed by atoms with Crippen LogP contribution in [0.3, 0.4) is 0 Å². The molecule has 0 aliphatic rings. The summed E-state index contributed by atoms with van der Waals surface area (Å²) in [5, 5.41) is 7.71. The summed E-state index contributed by atoms with van der Waals surface area (Å²) in [5.41, 5.74) is 1.67. The van der Waals surface area contributed by atoms with Crippen LogP contribution in [0.15, 0.2) is 63.9 Å². The summed E-state index contributed by atoms with van der Waals surface area (Å²) >= 11 is 9.40. The quantitative estimate of drug-likeness (QED) is 0.644. The van der Waals surface area contributed by atoms with E-state index in [4.69, 9.17) is 11.6 Å². The number of amides is 1. The molecule has 0 aliphatic carbocycles. The van der Waals surface area contributed by atoms with Gasteiger partial charge in [0.25, 0.3) is 5.91 Å². The molecule has 0 radical (unpaired) electrons. The van der Waals surface area contributed by atoms with Crippen molar-refractivity contribution in [3.8, 4) is 5.69 Å². The highest BCUT2D eigenvalue weighted by Gasteiger charge is 2.19. The summed E-state index contributed by atoms with van der Waals surface area (Å²) in [6.45, 7) is 3.61. The van der Waals surface area contributed by atoms with Crippen LogP contribution in [0.25, 0.3) is 5.69 Å². The van der Waals surface area contributed by atoms with Crippen LogP contribution >= 0.6 is 27.5 Å². The molecular weight excluding hydrogens is 430 g/mol. The number of aromatic nitrogens is 2. The number of hydrogen-bond donors (Lipinski definition) is 1. The van der Waals surface area contributed by atoms with Gasteiger partial charge in [-0.1, -0.05) is 45.7 Å². The molecule has 1 heterocycles. The summed E-state index contributed by atoms with van der Waals surface area (Å²) in [7, 11) is 0. The van der Waals surface area contributed by atoms with Gasteiger partial charge in [-0.3, -0.25) is 9.59 Å². The zero-order valence-corrected chi connectivity index (χ0v) is 17.1. The predicted octanol–water partition coefficient (Wildman–Crippen LogP) is 4.45. The molecule has 5 nitrogen and oxygen atoms in total. The van der Waals surface area contributed by atoms with Gasteiger partial charge in [-0.05, 0) is 49.7 Å². The van der Waals surface area contributed by atoms with Crippen molar-refractivity contribution in [3.05, 3.63) is 91.3 Å². The lowest BCUT2D eigenvalue weighted by Crippen LogP contribution is -2.33. The second-order valence-electron chi connectivity index (χ2n) is 6.10. The molecule has 138 valence electrons. The van der Waals surface area contributed by atoms with Gasteiger partial charge in [0.2, 0.25) is 5.43 Å². The first-order valence-corrected chi connectivity index (χ1v) is 9.46. The number of hydrogen-bond acceptors (Lipinski definition) is 3. The first-order valence-electron chi connectivity index (χ1n) is 8.29. The Hall–Kier alpha value is -2.44. The van der Waals surface area contributed by atoms with E-state index in [0.717, 1.165) is 10.0 Å². The third-order valence-corrected chi connectivity index (χ3v) is 5.09. The first-order chi connectivity index (χ1) is 12.9. The van der Waals surface area contributed by atoms with Crippen LogP contribution in [0, 0.1) is 6.92 Å². The average molecular weight is 447 g/mol. The predicted molar refractivity (Wildman–Crippen MR) is 110 cm³/mol. The monoisotopic (exact) mass is 445 g/mol. The van der Waals surface area contributed by atoms with Crippen molar-refractivity contribution in [1.82, 2.24) is 15.1 Å². The molecule has 0 fully saturated rings. The van der Waals surface area contributed by atoms with E-state index < -0.39 is 11.3 Å². The van der Waals surface area contributed by atoms with Gasteiger partial charge in [0, 0.05) is 21.3 Å². The smallest absolute Gasteiger partial charge is 0.276 e. The van der Waals surface area contributed by atoms with Crippen molar-refractivity contribution in [1.29, 1.82) is 0 Å². The van der Waals surface area contributed by atoms with E-state index in [0.29, 0.717) is 16.4 Å². The normalized spacial score (nSPS) is 11.9. The molecule has 0 saturated heterocycles. The highest BCUT2D eigenvalue weighted by atomic mass is 79.9. The Balaban J connectivity index is 1.93. The van der Waals surface area contributed by atoms with Crippen molar-refractivity contribution in [2.75, 3.05) is 0 Å². The van der Waals surface area contributed by atoms with E-state index in [2.05, 4.69) is 26.3 Å². The van der Waals surface area contributed by atoms with Crippen molar-refractivity contribution in [3.63, 3.8) is 0 Å². The lowest BCUT2D eigenvalue weighted by molar-refractivity contribution is 0.0931. The highest BCUT2D eigenvalue weighted by molar-refractivity contribution is 9.10. The molecule has 3 aromatic rings. The highest BCUT2D eigenvalue weighted by Crippen LogP contribution is 2.22. The molecule has 1 atom stereocenters. The number of nitrogens with zero attached hydrogens (tertiary/aromatic N) is 2. The summed E-state index contributed by atoms with van der Waals surface area (Å²) in [6, 6.07) is 15.7. The lowest BCUT2D eigenvalue weighted by Gasteiger charge is -2.16. The molecule has 27 heavy (non-hydrogen) atoms. The van der Waals surface area contributed by atoms with Gasteiger partial charge in [-0.2, -0.15) is 5.10 Å². The summed E-state index contributed by atoms with van der Waals surface area (Å²) in [5.74, 6) is -0.522. The molecule has 0 spiro atoms. The second kappa shape index (κ2) is 8.06. The number of benzene rings is 2. The van der Waals surface area contributed by atoms with Gasteiger partial charge in [0.1, 0.15) is 0 Å². The Morgan fingerprint density at radius 2 is 1.85 bits per heavy atom. The Morgan fingerprint density at radius 1 is 1.19 bits per heavy atom. The summed E-state index contributed by atoms with van der Waals surface area (Å²) < 4.78 is 2.43. The Labute approximate surface area is 170 Å². The number of carbonyl (C=O) groups excluding carboxylic acids is 1. The van der Waals surface area contributed by atoms with E-state index in [1.54, 1.807) is 35.9 Å². The number of carbonyl (C=O) groups is 1. The number of rotatable bonds is 4. The van der Waals surface area contributed by atoms with E-state index in [1.165, 1.54) is 6.07 Å². The average Bonchev–Trinajstić information content (AvgIpc) is 2.63. The fourth-order valence-electron chi connectivity index (χ4n) is 2.72. The van der Waals surface area contributed by atoms with E-state index in [1.807, 2.05) is 31.2 Å². The zero-order chi connectivity index (χ0) is 19.6. The topological polar surface area (TPSA) is 64.0 Å². The molecule has 2 aromatic carbocycles. The second-order valence-corrected chi connectivity index (χ2v) is 7.39. The van der Waals surface area contributed by atoms with Gasteiger partial charge in [-0.25, -0.2) is 4.68 Å². The molecule has 0 aliphatic heterocycles. The molecule has 0 saturated carbocycles. The number of nitrogens with one attached hydrogen (secondary N) is 1. The Bertz CT molecular complexity index is 1050. The maximum absolute atomic E-state index is 12.7. The van der Waals surface area contributed by atoms with Crippen molar-refractivity contribution in [2.24, 2.45) is 0 Å². The first kappa shape index (κ1) is 19.3. The maximum atomic E-state index is 12.7. The van der Waals surface area contributed by atoms with Gasteiger partial charge in [0.05, 0.1) is 11.7 Å². The SMILES string of the molecule is Cc1cc(=O)c(C(=O)NC(C)c2ccccc2Br)nn1-c1ccc(Cl)cc1. The van der Waals surface area contributed by atoms with Crippen LogP contribution in [0.4, 0.5) is 0 Å². The van der Waals surface area contributed by atoms with Crippen LogP contribution in [-0.2, 0) is 0 Å². The van der Waals surface area contributed by atoms with Crippen molar-refractivity contribution < 1.29 is 4.79 Å². The molecule has 1 N–H and O–H groups in total. The molecule has 0 bridgehead atoms. The van der Waals surface area contributed by atoms with Gasteiger partial charge >= 0.3 is 0 Å². The maximum Gasteiger partial charge on any atom is 0.276 e. The van der Waals surface area contributed by atoms with E-state index in [-0.39, 0.29) is 11.7 Å². The lowest BCUT2D eigenvalue weighted by atomic mass is 10.1. The van der Waals surface area contributed by atoms with Crippen LogP contribution in [0.5, 0.6) is 0 Å².